The van der Waals surface area contributed by atoms with Gasteiger partial charge in [-0.05, 0) is 84.0 Å². The Bertz CT molecular complexity index is 1570. The molecule has 1 fully saturated rings. The second-order valence-corrected chi connectivity index (χ2v) is 15.0. The first-order chi connectivity index (χ1) is 21.2. The van der Waals surface area contributed by atoms with Gasteiger partial charge in [0, 0.05) is 17.9 Å². The largest absolute Gasteiger partial charge is 0.491 e. The lowest BCUT2D eigenvalue weighted by atomic mass is 10.0. The number of anilines is 1. The molecule has 0 atom stereocenters. The molecule has 1 saturated heterocycles. The van der Waals surface area contributed by atoms with E-state index in [1.807, 2.05) is 24.3 Å². The highest BCUT2D eigenvalue weighted by Gasteiger charge is 2.31. The smallest absolute Gasteiger partial charge is 0.251 e. The number of ether oxygens (including phenoxy) is 2. The zero-order chi connectivity index (χ0) is 31.0. The van der Waals surface area contributed by atoms with Crippen molar-refractivity contribution in [3.63, 3.8) is 0 Å². The van der Waals surface area contributed by atoms with Crippen LogP contribution in [0.15, 0.2) is 77.2 Å². The average Bonchev–Trinajstić information content (AvgIpc) is 3.15. The lowest BCUT2D eigenvalue weighted by Gasteiger charge is -2.32. The number of fused-ring (bicyclic) bond motifs is 1. The fraction of sp³-hybridized carbons (Fsp3) is 0.364. The van der Waals surface area contributed by atoms with Gasteiger partial charge < -0.3 is 28.7 Å². The SMILES string of the molecule is CCCCOCCOc1ccc(-c2ccc3c(c2)C=C(C(=O)Nc2ccc(C[P]4(O)OCCCO4)cc2)CCS3(=O)=O)cc1. The summed E-state index contributed by atoms with van der Waals surface area (Å²) in [6.45, 7) is 4.81. The number of sulfone groups is 1. The molecule has 2 aliphatic heterocycles. The second kappa shape index (κ2) is 14.8. The van der Waals surface area contributed by atoms with Crippen molar-refractivity contribution in [3.05, 3.63) is 83.4 Å². The summed E-state index contributed by atoms with van der Waals surface area (Å²) in [5.41, 5.74) is 3.98. The number of benzene rings is 3. The van der Waals surface area contributed by atoms with Gasteiger partial charge >= 0.3 is 0 Å². The summed E-state index contributed by atoms with van der Waals surface area (Å²) in [7, 11) is -6.48. The van der Waals surface area contributed by atoms with Gasteiger partial charge in [-0.25, -0.2) is 8.42 Å². The first-order valence-corrected chi connectivity index (χ1v) is 18.3. The molecule has 0 unspecified atom stereocenters. The van der Waals surface area contributed by atoms with Crippen molar-refractivity contribution in [1.82, 2.24) is 0 Å². The third kappa shape index (κ3) is 8.53. The van der Waals surface area contributed by atoms with Gasteiger partial charge in [0.05, 0.1) is 36.6 Å². The van der Waals surface area contributed by atoms with Crippen LogP contribution in [0, 0.1) is 0 Å². The zero-order valence-corrected chi connectivity index (χ0v) is 26.6. The molecule has 2 N–H and O–H groups in total. The topological polar surface area (TPSA) is 120 Å². The van der Waals surface area contributed by atoms with Crippen LogP contribution in [0.4, 0.5) is 5.69 Å². The normalized spacial score (nSPS) is 17.2. The third-order valence-corrected chi connectivity index (χ3v) is 11.1. The van der Waals surface area contributed by atoms with Gasteiger partial charge in [-0.2, -0.15) is 0 Å². The predicted octanol–water partition coefficient (Wildman–Crippen LogP) is 6.44. The molecule has 1 amide bonds. The van der Waals surface area contributed by atoms with Crippen molar-refractivity contribution in [2.45, 2.75) is 43.7 Å². The maximum absolute atomic E-state index is 13.3. The molecule has 44 heavy (non-hydrogen) atoms. The summed E-state index contributed by atoms with van der Waals surface area (Å²) < 4.78 is 48.4. The summed E-state index contributed by atoms with van der Waals surface area (Å²) >= 11 is 0. The fourth-order valence-corrected chi connectivity index (χ4v) is 8.18. The number of hydrogen-bond acceptors (Lipinski definition) is 8. The van der Waals surface area contributed by atoms with Crippen LogP contribution >= 0.6 is 7.94 Å². The highest BCUT2D eigenvalue weighted by molar-refractivity contribution is 7.91. The van der Waals surface area contributed by atoms with E-state index in [1.165, 1.54) is 0 Å². The van der Waals surface area contributed by atoms with E-state index >= 15 is 0 Å². The van der Waals surface area contributed by atoms with E-state index in [9.17, 15) is 18.1 Å². The first-order valence-electron chi connectivity index (χ1n) is 14.9. The Kier molecular flexibility index (Phi) is 10.8. The Morgan fingerprint density at radius 1 is 0.955 bits per heavy atom. The van der Waals surface area contributed by atoms with Crippen molar-refractivity contribution in [1.29, 1.82) is 0 Å². The van der Waals surface area contributed by atoms with Crippen LogP contribution in [0.1, 0.15) is 43.7 Å². The van der Waals surface area contributed by atoms with Crippen molar-refractivity contribution in [3.8, 4) is 16.9 Å². The van der Waals surface area contributed by atoms with Gasteiger partial charge in [0.2, 0.25) is 7.94 Å². The molecular weight excluding hydrogens is 601 g/mol. The second-order valence-electron chi connectivity index (χ2n) is 10.8. The molecule has 5 rings (SSSR count). The Morgan fingerprint density at radius 3 is 2.41 bits per heavy atom. The van der Waals surface area contributed by atoms with Gasteiger partial charge in [-0.1, -0.05) is 43.7 Å². The molecule has 3 aromatic rings. The maximum Gasteiger partial charge on any atom is 0.251 e. The molecule has 9 nitrogen and oxygen atoms in total. The van der Waals surface area contributed by atoms with E-state index in [2.05, 4.69) is 12.2 Å². The minimum Gasteiger partial charge on any atom is -0.491 e. The summed E-state index contributed by atoms with van der Waals surface area (Å²) in [6.07, 6.45) is 4.92. The quantitative estimate of drug-likeness (QED) is 0.171. The molecule has 0 aliphatic carbocycles. The summed E-state index contributed by atoms with van der Waals surface area (Å²) in [5, 5.41) is 2.88. The first kappa shape index (κ1) is 32.3. The van der Waals surface area contributed by atoms with Crippen LogP contribution in [-0.2, 0) is 34.6 Å². The molecular formula is C33H39NO8PS. The van der Waals surface area contributed by atoms with Gasteiger partial charge in [0.25, 0.3) is 5.91 Å². The van der Waals surface area contributed by atoms with E-state index < -0.39 is 17.8 Å². The van der Waals surface area contributed by atoms with Gasteiger partial charge in [0.15, 0.2) is 9.84 Å². The van der Waals surface area contributed by atoms with E-state index in [1.54, 1.807) is 48.5 Å². The molecule has 0 saturated carbocycles. The van der Waals surface area contributed by atoms with Gasteiger partial charge in [0.1, 0.15) is 12.4 Å². The van der Waals surface area contributed by atoms with Crippen molar-refractivity contribution in [2.75, 3.05) is 44.1 Å². The van der Waals surface area contributed by atoms with Crippen LogP contribution in [0.2, 0.25) is 0 Å². The standard InChI is InChI=1S/C33H39NO8PS/c1-2-3-16-39-19-20-40-31-12-7-26(8-13-31)27-9-14-32-29(22-27)23-28(15-21-44(32,37)38)33(35)34-30-10-5-25(6-11-30)24-43(36)41-17-4-18-42-43/h5-14,22-23,36H,2-4,15-21,24H2,1H3,(H,34,35). The predicted molar refractivity (Wildman–Crippen MR) is 172 cm³/mol. The number of rotatable bonds is 12. The number of hydrogen-bond donors (Lipinski definition) is 2. The Labute approximate surface area is 259 Å². The third-order valence-electron chi connectivity index (χ3n) is 7.40. The molecule has 2 aliphatic rings. The van der Waals surface area contributed by atoms with Crippen LogP contribution in [-0.4, -0.2) is 58.0 Å². The van der Waals surface area contributed by atoms with E-state index in [0.717, 1.165) is 48.3 Å². The molecule has 0 aromatic heterocycles. The van der Waals surface area contributed by atoms with Crippen molar-refractivity contribution < 1.29 is 36.6 Å². The number of carbonyl (C=O) groups excluding carboxylic acids is 1. The zero-order valence-electron chi connectivity index (χ0n) is 24.9. The highest BCUT2D eigenvalue weighted by atomic mass is 32.2. The number of carbonyl (C=O) groups is 1. The average molecular weight is 641 g/mol. The molecule has 1 radical (unpaired) electrons. The van der Waals surface area contributed by atoms with Crippen molar-refractivity contribution >= 4 is 35.5 Å². The maximum atomic E-state index is 13.3. The van der Waals surface area contributed by atoms with E-state index in [4.69, 9.17) is 18.5 Å². The highest BCUT2D eigenvalue weighted by Crippen LogP contribution is 2.61. The monoisotopic (exact) mass is 640 g/mol. The number of amides is 1. The van der Waals surface area contributed by atoms with Crippen LogP contribution in [0.5, 0.6) is 5.75 Å². The number of nitrogens with one attached hydrogen (secondary N) is 1. The Hall–Kier alpha value is -3.11. The molecule has 0 bridgehead atoms. The fourth-order valence-electron chi connectivity index (χ4n) is 4.97. The van der Waals surface area contributed by atoms with Crippen LogP contribution in [0.25, 0.3) is 17.2 Å². The van der Waals surface area contributed by atoms with Crippen LogP contribution in [0.3, 0.4) is 0 Å². The summed E-state index contributed by atoms with van der Waals surface area (Å²) in [6, 6.07) is 19.9. The van der Waals surface area contributed by atoms with Crippen molar-refractivity contribution in [2.24, 2.45) is 0 Å². The molecule has 2 heterocycles. The minimum absolute atomic E-state index is 0.0939. The van der Waals surface area contributed by atoms with E-state index in [-0.39, 0.29) is 29.1 Å². The Morgan fingerprint density at radius 2 is 1.68 bits per heavy atom. The number of unbranched alkanes of at least 4 members (excludes halogenated alkanes) is 1. The molecule has 235 valence electrons. The van der Waals surface area contributed by atoms with Crippen LogP contribution < -0.4 is 10.1 Å². The van der Waals surface area contributed by atoms with Gasteiger partial charge in [-0.15, -0.1) is 0 Å². The summed E-state index contributed by atoms with van der Waals surface area (Å²) in [4.78, 5) is 24.0. The Balaban J connectivity index is 1.26. The molecule has 0 spiro atoms. The lowest BCUT2D eigenvalue weighted by Crippen LogP contribution is -2.16. The minimum atomic E-state index is -3.58. The van der Waals surface area contributed by atoms with Gasteiger partial charge in [-0.3, -0.25) is 4.79 Å². The summed E-state index contributed by atoms with van der Waals surface area (Å²) in [5.74, 6) is 0.204. The van der Waals surface area contributed by atoms with E-state index in [0.29, 0.717) is 43.3 Å². The molecule has 3 aromatic carbocycles. The lowest BCUT2D eigenvalue weighted by molar-refractivity contribution is -0.112. The molecule has 11 heteroatoms.